The summed E-state index contributed by atoms with van der Waals surface area (Å²) in [4.78, 5) is 37.2. The molecule has 170 valence electrons. The lowest BCUT2D eigenvalue weighted by molar-refractivity contribution is -0.139. The second-order valence-electron chi connectivity index (χ2n) is 6.69. The van der Waals surface area contributed by atoms with E-state index in [4.69, 9.17) is 13.9 Å². The highest BCUT2D eigenvalue weighted by molar-refractivity contribution is 7.92. The van der Waals surface area contributed by atoms with E-state index in [9.17, 15) is 22.8 Å². The SMILES string of the molecule is CCOC(=O)C1=C(COC(=O)c2cccc(NS(C)(=O)=O)c2)NC(=O)NC1c1ccco1. The first-order chi connectivity index (χ1) is 15.2. The zero-order chi connectivity index (χ0) is 23.3. The van der Waals surface area contributed by atoms with Crippen molar-refractivity contribution in [2.45, 2.75) is 13.0 Å². The molecule has 1 unspecified atom stereocenters. The van der Waals surface area contributed by atoms with Crippen LogP contribution in [0.5, 0.6) is 0 Å². The number of hydrogen-bond donors (Lipinski definition) is 3. The van der Waals surface area contributed by atoms with Crippen molar-refractivity contribution in [2.75, 3.05) is 24.2 Å². The summed E-state index contributed by atoms with van der Waals surface area (Å²) in [7, 11) is -3.53. The fourth-order valence-corrected chi connectivity index (χ4v) is 3.55. The molecule has 32 heavy (non-hydrogen) atoms. The number of ether oxygens (including phenoxy) is 2. The van der Waals surface area contributed by atoms with Crippen LogP contribution in [0.15, 0.2) is 58.3 Å². The van der Waals surface area contributed by atoms with Gasteiger partial charge in [-0.15, -0.1) is 0 Å². The maximum Gasteiger partial charge on any atom is 0.338 e. The van der Waals surface area contributed by atoms with E-state index in [1.54, 1.807) is 19.1 Å². The van der Waals surface area contributed by atoms with Crippen LogP contribution in [0.1, 0.15) is 29.1 Å². The summed E-state index contributed by atoms with van der Waals surface area (Å²) < 4.78 is 40.7. The first kappa shape index (κ1) is 22.9. The first-order valence-corrected chi connectivity index (χ1v) is 11.3. The summed E-state index contributed by atoms with van der Waals surface area (Å²) in [6.45, 7) is 1.28. The average molecular weight is 463 g/mol. The summed E-state index contributed by atoms with van der Waals surface area (Å²) in [5.74, 6) is -1.21. The molecule has 11 nitrogen and oxygen atoms in total. The molecule has 1 aromatic carbocycles. The van der Waals surface area contributed by atoms with Crippen LogP contribution in [0.25, 0.3) is 0 Å². The summed E-state index contributed by atoms with van der Waals surface area (Å²) in [6, 6.07) is 7.31. The summed E-state index contributed by atoms with van der Waals surface area (Å²) in [6.07, 6.45) is 2.38. The van der Waals surface area contributed by atoms with Crippen molar-refractivity contribution < 1.29 is 36.7 Å². The molecule has 0 saturated carbocycles. The molecule has 1 aromatic heterocycles. The number of carbonyl (C=O) groups is 3. The Kier molecular flexibility index (Phi) is 6.83. The summed E-state index contributed by atoms with van der Waals surface area (Å²) >= 11 is 0. The van der Waals surface area contributed by atoms with Gasteiger partial charge in [-0.25, -0.2) is 22.8 Å². The molecule has 2 amide bonds. The highest BCUT2D eigenvalue weighted by Crippen LogP contribution is 2.28. The molecule has 0 spiro atoms. The van der Waals surface area contributed by atoms with Crippen LogP contribution in [0.3, 0.4) is 0 Å². The van der Waals surface area contributed by atoms with Crippen molar-refractivity contribution in [1.82, 2.24) is 10.6 Å². The number of hydrogen-bond acceptors (Lipinski definition) is 8. The fourth-order valence-electron chi connectivity index (χ4n) is 3.00. The highest BCUT2D eigenvalue weighted by Gasteiger charge is 2.35. The highest BCUT2D eigenvalue weighted by atomic mass is 32.2. The minimum Gasteiger partial charge on any atom is -0.467 e. The number of rotatable bonds is 8. The van der Waals surface area contributed by atoms with E-state index in [2.05, 4.69) is 15.4 Å². The molecule has 0 fully saturated rings. The van der Waals surface area contributed by atoms with Gasteiger partial charge in [0.25, 0.3) is 0 Å². The number of urea groups is 1. The average Bonchev–Trinajstić information content (AvgIpc) is 3.25. The van der Waals surface area contributed by atoms with Crippen LogP contribution in [-0.4, -0.2) is 45.9 Å². The lowest BCUT2D eigenvalue weighted by Crippen LogP contribution is -2.47. The Morgan fingerprint density at radius 2 is 1.94 bits per heavy atom. The Balaban J connectivity index is 1.85. The van der Waals surface area contributed by atoms with E-state index in [-0.39, 0.29) is 29.1 Å². The molecular weight excluding hydrogens is 442 g/mol. The van der Waals surface area contributed by atoms with Gasteiger partial charge in [-0.05, 0) is 37.3 Å². The number of furan rings is 1. The van der Waals surface area contributed by atoms with E-state index in [1.165, 1.54) is 30.5 Å². The Hall–Kier alpha value is -3.80. The van der Waals surface area contributed by atoms with Gasteiger partial charge >= 0.3 is 18.0 Å². The van der Waals surface area contributed by atoms with Crippen molar-refractivity contribution in [3.8, 4) is 0 Å². The van der Waals surface area contributed by atoms with Gasteiger partial charge in [-0.2, -0.15) is 0 Å². The standard InChI is InChI=1S/C20H21N3O8S/c1-3-29-19(25)16-14(21-20(26)22-17(16)15-8-5-9-30-15)11-31-18(24)12-6-4-7-13(10-12)23-32(2,27)28/h4-10,17,23H,3,11H2,1-2H3,(H2,21,22,26). The van der Waals surface area contributed by atoms with Crippen molar-refractivity contribution in [1.29, 1.82) is 0 Å². The maximum absolute atomic E-state index is 12.6. The minimum atomic E-state index is -3.53. The zero-order valence-corrected chi connectivity index (χ0v) is 18.0. The quantitative estimate of drug-likeness (QED) is 0.500. The van der Waals surface area contributed by atoms with Crippen molar-refractivity contribution in [3.05, 3.63) is 65.3 Å². The van der Waals surface area contributed by atoms with Crippen LogP contribution in [0, 0.1) is 0 Å². The molecule has 1 aliphatic rings. The number of sulfonamides is 1. The third-order valence-corrected chi connectivity index (χ3v) is 4.83. The van der Waals surface area contributed by atoms with Crippen LogP contribution >= 0.6 is 0 Å². The number of amides is 2. The minimum absolute atomic E-state index is 0.0293. The predicted molar refractivity (Wildman–Crippen MR) is 112 cm³/mol. The van der Waals surface area contributed by atoms with Gasteiger partial charge in [-0.3, -0.25) is 4.72 Å². The topological polar surface area (TPSA) is 153 Å². The Labute approximate surface area is 183 Å². The van der Waals surface area contributed by atoms with Crippen LogP contribution < -0.4 is 15.4 Å². The van der Waals surface area contributed by atoms with Gasteiger partial charge < -0.3 is 24.5 Å². The lowest BCUT2D eigenvalue weighted by Gasteiger charge is -2.27. The zero-order valence-electron chi connectivity index (χ0n) is 17.2. The van der Waals surface area contributed by atoms with Gasteiger partial charge in [0, 0.05) is 5.69 Å². The first-order valence-electron chi connectivity index (χ1n) is 9.44. The third kappa shape index (κ3) is 5.66. The van der Waals surface area contributed by atoms with E-state index < -0.39 is 40.6 Å². The van der Waals surface area contributed by atoms with Gasteiger partial charge in [-0.1, -0.05) is 6.07 Å². The Bertz CT molecular complexity index is 1160. The molecule has 0 bridgehead atoms. The summed E-state index contributed by atoms with van der Waals surface area (Å²) in [5.41, 5.74) is 0.315. The van der Waals surface area contributed by atoms with Crippen LogP contribution in [0.2, 0.25) is 0 Å². The molecule has 1 aliphatic heterocycles. The lowest BCUT2D eigenvalue weighted by atomic mass is 10.0. The van der Waals surface area contributed by atoms with Gasteiger partial charge in [0.1, 0.15) is 18.4 Å². The predicted octanol–water partition coefficient (Wildman–Crippen LogP) is 1.68. The van der Waals surface area contributed by atoms with E-state index in [1.807, 2.05) is 0 Å². The second kappa shape index (κ2) is 9.56. The molecule has 3 N–H and O–H groups in total. The Morgan fingerprint density at radius 3 is 2.59 bits per heavy atom. The molecular formula is C20H21N3O8S. The number of nitrogens with one attached hydrogen (secondary N) is 3. The van der Waals surface area contributed by atoms with E-state index in [0.717, 1.165) is 6.26 Å². The van der Waals surface area contributed by atoms with E-state index in [0.29, 0.717) is 5.76 Å². The second-order valence-corrected chi connectivity index (χ2v) is 8.44. The maximum atomic E-state index is 12.6. The van der Waals surface area contributed by atoms with Crippen molar-refractivity contribution in [3.63, 3.8) is 0 Å². The molecule has 1 atom stereocenters. The number of benzene rings is 1. The number of anilines is 1. The van der Waals surface area contributed by atoms with Gasteiger partial charge in [0.05, 0.1) is 36.0 Å². The van der Waals surface area contributed by atoms with Gasteiger partial charge in [0.2, 0.25) is 10.0 Å². The van der Waals surface area contributed by atoms with Crippen molar-refractivity contribution >= 4 is 33.7 Å². The molecule has 0 radical (unpaired) electrons. The number of carbonyl (C=O) groups excluding carboxylic acids is 3. The van der Waals surface area contributed by atoms with Gasteiger partial charge in [0.15, 0.2) is 0 Å². The molecule has 0 saturated heterocycles. The molecule has 0 aliphatic carbocycles. The van der Waals surface area contributed by atoms with Crippen LogP contribution in [-0.2, 0) is 24.3 Å². The van der Waals surface area contributed by atoms with E-state index >= 15 is 0 Å². The smallest absolute Gasteiger partial charge is 0.338 e. The molecule has 12 heteroatoms. The molecule has 2 aromatic rings. The third-order valence-electron chi connectivity index (χ3n) is 4.23. The normalized spacial score (nSPS) is 16.1. The number of esters is 2. The molecule has 2 heterocycles. The van der Waals surface area contributed by atoms with Crippen LogP contribution in [0.4, 0.5) is 10.5 Å². The van der Waals surface area contributed by atoms with Crippen molar-refractivity contribution in [2.24, 2.45) is 0 Å². The monoisotopic (exact) mass is 463 g/mol. The molecule has 3 rings (SSSR count). The fraction of sp³-hybridized carbons (Fsp3) is 0.250. The summed E-state index contributed by atoms with van der Waals surface area (Å²) in [5, 5.41) is 5.04. The Morgan fingerprint density at radius 1 is 1.16 bits per heavy atom. The largest absolute Gasteiger partial charge is 0.467 e.